The van der Waals surface area contributed by atoms with Gasteiger partial charge in [0.25, 0.3) is 0 Å². The SMILES string of the molecule is CC1(C)CCC[C@]23C(=O)OC[C@H]2[C@H](COC(=O)[C@@]24CC[C@@](C)(C(=O)O2)C4(C)C)CC=C13. The normalized spacial score (nSPS) is 44.1. The summed E-state index contributed by atoms with van der Waals surface area (Å²) in [6.45, 7) is 10.8. The molecule has 0 N–H and O–H groups in total. The summed E-state index contributed by atoms with van der Waals surface area (Å²) in [6, 6.07) is 0. The van der Waals surface area contributed by atoms with Crippen LogP contribution in [0.4, 0.5) is 0 Å². The van der Waals surface area contributed by atoms with Crippen molar-refractivity contribution in [3.63, 3.8) is 0 Å². The Bertz CT molecular complexity index is 900. The maximum absolute atomic E-state index is 13.3. The summed E-state index contributed by atoms with van der Waals surface area (Å²) in [5.74, 6) is -0.798. The van der Waals surface area contributed by atoms with E-state index in [-0.39, 0.29) is 35.8 Å². The van der Waals surface area contributed by atoms with Gasteiger partial charge in [0, 0.05) is 17.3 Å². The first-order valence-corrected chi connectivity index (χ1v) is 11.7. The first-order valence-electron chi connectivity index (χ1n) is 11.7. The summed E-state index contributed by atoms with van der Waals surface area (Å²) in [6.07, 6.45) is 6.99. The van der Waals surface area contributed by atoms with Crippen LogP contribution in [0.5, 0.6) is 0 Å². The van der Waals surface area contributed by atoms with Crippen molar-refractivity contribution in [2.75, 3.05) is 13.2 Å². The van der Waals surface area contributed by atoms with E-state index >= 15 is 0 Å². The van der Waals surface area contributed by atoms with Crippen LogP contribution in [0.25, 0.3) is 0 Å². The van der Waals surface area contributed by atoms with Crippen LogP contribution in [-0.2, 0) is 28.6 Å². The lowest BCUT2D eigenvalue weighted by Gasteiger charge is -2.50. The molecule has 0 aromatic heterocycles. The highest BCUT2D eigenvalue weighted by molar-refractivity contribution is 5.93. The van der Waals surface area contributed by atoms with Gasteiger partial charge >= 0.3 is 17.9 Å². The molecule has 0 amide bonds. The second-order valence-electron chi connectivity index (χ2n) is 11.8. The number of hydrogen-bond acceptors (Lipinski definition) is 6. The maximum Gasteiger partial charge on any atom is 0.351 e. The van der Waals surface area contributed by atoms with Gasteiger partial charge in [0.05, 0.1) is 24.0 Å². The van der Waals surface area contributed by atoms with E-state index in [1.54, 1.807) is 0 Å². The van der Waals surface area contributed by atoms with Gasteiger partial charge in [-0.3, -0.25) is 9.59 Å². The number of carbonyl (C=O) groups excluding carboxylic acids is 3. The molecule has 6 nitrogen and oxygen atoms in total. The lowest BCUT2D eigenvalue weighted by atomic mass is 9.51. The monoisotopic (exact) mass is 430 g/mol. The Labute approximate surface area is 184 Å². The standard InChI is InChI=1S/C25H34O6/c1-21(2)9-6-10-24-16(14-30-19(24)27)15(7-8-17(21)24)13-29-20(28)25-12-11-23(5,18(26)31-25)22(25,3)4/h8,15-16H,6-7,9-14H2,1-5H3/t15-,16-,23-,24-,25+/m0/s1. The van der Waals surface area contributed by atoms with Crippen molar-refractivity contribution in [1.82, 2.24) is 0 Å². The number of rotatable bonds is 3. The van der Waals surface area contributed by atoms with Crippen LogP contribution in [0.3, 0.4) is 0 Å². The molecule has 2 heterocycles. The van der Waals surface area contributed by atoms with Crippen LogP contribution in [0.2, 0.25) is 0 Å². The minimum Gasteiger partial charge on any atom is -0.465 e. The molecule has 5 rings (SSSR count). The largest absolute Gasteiger partial charge is 0.465 e. The zero-order chi connectivity index (χ0) is 22.4. The molecule has 6 heteroatoms. The molecule has 2 saturated heterocycles. The molecular weight excluding hydrogens is 396 g/mol. The summed E-state index contributed by atoms with van der Waals surface area (Å²) in [5.41, 5.74) is -1.84. The average Bonchev–Trinajstić information content (AvgIpc) is 3.19. The van der Waals surface area contributed by atoms with Gasteiger partial charge in [0.2, 0.25) is 5.60 Å². The van der Waals surface area contributed by atoms with Crippen LogP contribution < -0.4 is 0 Å². The molecule has 4 fully saturated rings. The lowest BCUT2D eigenvalue weighted by molar-refractivity contribution is -0.184. The van der Waals surface area contributed by atoms with E-state index in [9.17, 15) is 14.4 Å². The predicted octanol–water partition coefficient (Wildman–Crippen LogP) is 3.97. The Morgan fingerprint density at radius 1 is 1.06 bits per heavy atom. The molecular formula is C25H34O6. The molecule has 0 unspecified atom stereocenters. The van der Waals surface area contributed by atoms with Crippen LogP contribution >= 0.6 is 0 Å². The lowest BCUT2D eigenvalue weighted by Crippen LogP contribution is -2.51. The smallest absolute Gasteiger partial charge is 0.351 e. The van der Waals surface area contributed by atoms with Gasteiger partial charge < -0.3 is 14.2 Å². The van der Waals surface area contributed by atoms with E-state index in [2.05, 4.69) is 19.9 Å². The Morgan fingerprint density at radius 3 is 2.45 bits per heavy atom. The van der Waals surface area contributed by atoms with E-state index in [1.165, 1.54) is 5.57 Å². The first kappa shape index (κ1) is 21.0. The Morgan fingerprint density at radius 2 is 1.81 bits per heavy atom. The van der Waals surface area contributed by atoms with Crippen LogP contribution in [0, 0.1) is 33.5 Å². The van der Waals surface area contributed by atoms with Crippen molar-refractivity contribution in [3.8, 4) is 0 Å². The highest BCUT2D eigenvalue weighted by Crippen LogP contribution is 2.66. The van der Waals surface area contributed by atoms with Crippen molar-refractivity contribution in [3.05, 3.63) is 11.6 Å². The summed E-state index contributed by atoms with van der Waals surface area (Å²) in [5, 5.41) is 0. The molecule has 0 radical (unpaired) electrons. The zero-order valence-corrected chi connectivity index (χ0v) is 19.3. The summed E-state index contributed by atoms with van der Waals surface area (Å²) < 4.78 is 17.2. The molecule has 31 heavy (non-hydrogen) atoms. The topological polar surface area (TPSA) is 78.9 Å². The van der Waals surface area contributed by atoms with Crippen molar-refractivity contribution in [2.24, 2.45) is 33.5 Å². The molecule has 5 aliphatic rings. The molecule has 2 aliphatic heterocycles. The number of allylic oxidation sites excluding steroid dienone is 1. The maximum atomic E-state index is 13.3. The predicted molar refractivity (Wildman–Crippen MR) is 112 cm³/mol. The third-order valence-electron chi connectivity index (χ3n) is 10.0. The van der Waals surface area contributed by atoms with Gasteiger partial charge in [0.15, 0.2) is 0 Å². The Kier molecular flexibility index (Phi) is 4.16. The molecule has 5 atom stereocenters. The number of ether oxygens (including phenoxy) is 3. The van der Waals surface area contributed by atoms with Crippen molar-refractivity contribution in [1.29, 1.82) is 0 Å². The molecule has 1 spiro atoms. The first-order chi connectivity index (χ1) is 14.4. The fourth-order valence-electron chi connectivity index (χ4n) is 7.48. The van der Waals surface area contributed by atoms with E-state index in [4.69, 9.17) is 14.2 Å². The summed E-state index contributed by atoms with van der Waals surface area (Å²) in [4.78, 5) is 38.8. The molecule has 2 bridgehead atoms. The van der Waals surface area contributed by atoms with Crippen LogP contribution in [0.15, 0.2) is 11.6 Å². The van der Waals surface area contributed by atoms with Gasteiger partial charge in [-0.1, -0.05) is 45.8 Å². The van der Waals surface area contributed by atoms with Gasteiger partial charge in [-0.05, 0) is 44.4 Å². The highest BCUT2D eigenvalue weighted by Gasteiger charge is 2.76. The molecule has 3 aliphatic carbocycles. The number of cyclic esters (lactones) is 1. The zero-order valence-electron chi connectivity index (χ0n) is 19.3. The second kappa shape index (κ2) is 6.14. The van der Waals surface area contributed by atoms with E-state index in [1.807, 2.05) is 20.8 Å². The second-order valence-corrected chi connectivity index (χ2v) is 11.8. The van der Waals surface area contributed by atoms with Gasteiger partial charge in [-0.25, -0.2) is 4.79 Å². The summed E-state index contributed by atoms with van der Waals surface area (Å²) in [7, 11) is 0. The number of esters is 3. The summed E-state index contributed by atoms with van der Waals surface area (Å²) >= 11 is 0. The van der Waals surface area contributed by atoms with E-state index in [0.717, 1.165) is 25.7 Å². The van der Waals surface area contributed by atoms with E-state index < -0.39 is 27.8 Å². The quantitative estimate of drug-likeness (QED) is 0.383. The van der Waals surface area contributed by atoms with Gasteiger partial charge in [-0.2, -0.15) is 0 Å². The van der Waals surface area contributed by atoms with Gasteiger partial charge in [0.1, 0.15) is 0 Å². The molecule has 0 aromatic rings. The third-order valence-corrected chi connectivity index (χ3v) is 10.0. The third kappa shape index (κ3) is 2.32. The molecule has 170 valence electrons. The number of hydrogen-bond donors (Lipinski definition) is 0. The molecule has 0 aromatic carbocycles. The van der Waals surface area contributed by atoms with Crippen molar-refractivity contribution >= 4 is 17.9 Å². The minimum absolute atomic E-state index is 0.0170. The number of carbonyl (C=O) groups is 3. The fraction of sp³-hybridized carbons (Fsp3) is 0.800. The average molecular weight is 431 g/mol. The fourth-order valence-corrected chi connectivity index (χ4v) is 7.48. The van der Waals surface area contributed by atoms with Crippen LogP contribution in [-0.4, -0.2) is 36.7 Å². The number of fused-ring (bicyclic) bond motifs is 2. The molecule has 2 saturated carbocycles. The Balaban J connectivity index is 1.38. The highest BCUT2D eigenvalue weighted by atomic mass is 16.6. The van der Waals surface area contributed by atoms with E-state index in [0.29, 0.717) is 19.4 Å². The Hall–Kier alpha value is -1.85. The van der Waals surface area contributed by atoms with Crippen molar-refractivity contribution < 1.29 is 28.6 Å². The van der Waals surface area contributed by atoms with Gasteiger partial charge in [-0.15, -0.1) is 0 Å². The van der Waals surface area contributed by atoms with Crippen molar-refractivity contribution in [2.45, 2.75) is 78.7 Å². The minimum atomic E-state index is -1.21. The van der Waals surface area contributed by atoms with Crippen LogP contribution in [0.1, 0.15) is 73.1 Å².